The molecule has 0 fully saturated rings. The quantitative estimate of drug-likeness (QED) is 0.451. The molecule has 0 aromatic carbocycles. The molecule has 7 heteroatoms. The molecule has 7 nitrogen and oxygen atoms in total. The second-order valence-corrected chi connectivity index (χ2v) is 6.97. The zero-order valence-corrected chi connectivity index (χ0v) is 16.9. The summed E-state index contributed by atoms with van der Waals surface area (Å²) in [6, 6.07) is 4.60. The number of rotatable bonds is 8. The number of nitrogens with one attached hydrogen (secondary N) is 5. The molecule has 1 aliphatic rings. The highest BCUT2D eigenvalue weighted by atomic mass is 15.2. The van der Waals surface area contributed by atoms with Gasteiger partial charge in [-0.1, -0.05) is 0 Å². The highest BCUT2D eigenvalue weighted by molar-refractivity contribution is 6.08. The summed E-state index contributed by atoms with van der Waals surface area (Å²) in [5.74, 6) is 0.957. The van der Waals surface area contributed by atoms with Crippen molar-refractivity contribution in [2.75, 3.05) is 29.1 Å². The lowest BCUT2D eigenvalue weighted by Crippen LogP contribution is -2.30. The summed E-state index contributed by atoms with van der Waals surface area (Å²) < 4.78 is 0. The molecule has 0 bridgehead atoms. The number of pyridine rings is 1. The van der Waals surface area contributed by atoms with Crippen LogP contribution >= 0.6 is 0 Å². The predicted molar refractivity (Wildman–Crippen MR) is 119 cm³/mol. The van der Waals surface area contributed by atoms with E-state index in [2.05, 4.69) is 63.7 Å². The first-order chi connectivity index (χ1) is 13.5. The van der Waals surface area contributed by atoms with Crippen molar-refractivity contribution in [3.8, 4) is 0 Å². The number of H-pyrrole nitrogens is 1. The lowest BCUT2D eigenvalue weighted by atomic mass is 10.1. The molecule has 0 spiro atoms. The molecule has 0 saturated carbocycles. The van der Waals surface area contributed by atoms with E-state index in [0.29, 0.717) is 6.04 Å². The van der Waals surface area contributed by atoms with Gasteiger partial charge in [0, 0.05) is 61.6 Å². The lowest BCUT2D eigenvalue weighted by Gasteiger charge is -2.26. The fourth-order valence-electron chi connectivity index (χ4n) is 3.38. The maximum atomic E-state index is 7.60. The average molecular weight is 380 g/mol. The topological polar surface area (TPSA) is 91.9 Å². The number of aromatic amines is 1. The van der Waals surface area contributed by atoms with Crippen LogP contribution in [0.5, 0.6) is 0 Å². The summed E-state index contributed by atoms with van der Waals surface area (Å²) in [5.41, 5.74) is 4.67. The SMILES string of the molecule is CCN(c1c[nH]c(NC2C=Cc3ncc(/C(C=N)=C/NC)cc3N2)c1)C(C)C. The monoisotopic (exact) mass is 379 g/mol. The first kappa shape index (κ1) is 19.5. The van der Waals surface area contributed by atoms with Crippen LogP contribution in [0, 0.1) is 5.41 Å². The third-order valence-electron chi connectivity index (χ3n) is 4.74. The van der Waals surface area contributed by atoms with E-state index in [0.717, 1.165) is 34.9 Å². The Morgan fingerprint density at radius 3 is 2.89 bits per heavy atom. The number of fused-ring (bicyclic) bond motifs is 1. The lowest BCUT2D eigenvalue weighted by molar-refractivity contribution is 0.704. The van der Waals surface area contributed by atoms with E-state index >= 15 is 0 Å². The molecule has 0 aliphatic carbocycles. The van der Waals surface area contributed by atoms with Crippen LogP contribution in [0.25, 0.3) is 11.6 Å². The van der Waals surface area contributed by atoms with Gasteiger partial charge in [0.15, 0.2) is 0 Å². The molecule has 0 amide bonds. The smallest absolute Gasteiger partial charge is 0.117 e. The number of nitrogens with zero attached hydrogens (tertiary/aromatic N) is 2. The fraction of sp³-hybridized carbons (Fsp3) is 0.333. The Labute approximate surface area is 166 Å². The van der Waals surface area contributed by atoms with Crippen LogP contribution in [-0.2, 0) is 0 Å². The Morgan fingerprint density at radius 1 is 1.39 bits per heavy atom. The molecule has 1 atom stereocenters. The summed E-state index contributed by atoms with van der Waals surface area (Å²) in [5, 5.41) is 17.5. The normalized spacial score (nSPS) is 15.8. The summed E-state index contributed by atoms with van der Waals surface area (Å²) in [7, 11) is 1.82. The van der Waals surface area contributed by atoms with Gasteiger partial charge in [0.25, 0.3) is 0 Å². The average Bonchev–Trinajstić information content (AvgIpc) is 3.13. The van der Waals surface area contributed by atoms with Gasteiger partial charge in [-0.2, -0.15) is 0 Å². The van der Waals surface area contributed by atoms with Crippen LogP contribution in [0.15, 0.2) is 36.8 Å². The molecule has 2 aromatic rings. The van der Waals surface area contributed by atoms with Gasteiger partial charge in [-0.05, 0) is 39.0 Å². The molecule has 28 heavy (non-hydrogen) atoms. The fourth-order valence-corrected chi connectivity index (χ4v) is 3.38. The molecule has 5 N–H and O–H groups in total. The van der Waals surface area contributed by atoms with Crippen LogP contribution in [0.1, 0.15) is 32.0 Å². The van der Waals surface area contributed by atoms with E-state index in [4.69, 9.17) is 5.41 Å². The number of hydrogen-bond acceptors (Lipinski definition) is 6. The summed E-state index contributed by atoms with van der Waals surface area (Å²) >= 11 is 0. The van der Waals surface area contributed by atoms with Gasteiger partial charge >= 0.3 is 0 Å². The van der Waals surface area contributed by atoms with Gasteiger partial charge in [0.2, 0.25) is 0 Å². The summed E-state index contributed by atoms with van der Waals surface area (Å²) in [6.45, 7) is 7.52. The molecule has 0 saturated heterocycles. The summed E-state index contributed by atoms with van der Waals surface area (Å²) in [6.07, 6.45) is 10.9. The predicted octanol–water partition coefficient (Wildman–Crippen LogP) is 3.73. The standard InChI is InChI=1S/C21H29N7/c1-5-28(14(2)3)17-9-21(25-13-17)27-20-7-6-18-19(26-20)8-15(12-24-18)16(10-22)11-23-4/h6-14,20,22-23,25-27H,5H2,1-4H3/b16-11+,22-10?. The maximum absolute atomic E-state index is 7.60. The zero-order chi connectivity index (χ0) is 20.1. The Bertz CT molecular complexity index is 879. The van der Waals surface area contributed by atoms with Crippen molar-refractivity contribution < 1.29 is 0 Å². The molecule has 2 aromatic heterocycles. The van der Waals surface area contributed by atoms with Gasteiger partial charge in [-0.3, -0.25) is 4.98 Å². The van der Waals surface area contributed by atoms with Crippen molar-refractivity contribution in [3.63, 3.8) is 0 Å². The zero-order valence-electron chi connectivity index (χ0n) is 16.9. The van der Waals surface area contributed by atoms with Gasteiger partial charge < -0.3 is 31.2 Å². The van der Waals surface area contributed by atoms with Gasteiger partial charge in [0.05, 0.1) is 17.1 Å². The minimum atomic E-state index is -0.0538. The van der Waals surface area contributed by atoms with E-state index in [1.807, 2.05) is 25.4 Å². The van der Waals surface area contributed by atoms with Crippen molar-refractivity contribution in [2.45, 2.75) is 33.0 Å². The van der Waals surface area contributed by atoms with E-state index in [1.165, 1.54) is 11.9 Å². The van der Waals surface area contributed by atoms with E-state index in [-0.39, 0.29) is 6.17 Å². The molecule has 148 valence electrons. The molecule has 3 heterocycles. The second kappa shape index (κ2) is 8.65. The first-order valence-electron chi connectivity index (χ1n) is 9.60. The van der Waals surface area contributed by atoms with Crippen molar-refractivity contribution in [2.24, 2.45) is 0 Å². The van der Waals surface area contributed by atoms with Crippen LogP contribution in [0.3, 0.4) is 0 Å². The van der Waals surface area contributed by atoms with E-state index in [9.17, 15) is 0 Å². The molecule has 1 aliphatic heterocycles. The van der Waals surface area contributed by atoms with E-state index in [1.54, 1.807) is 12.4 Å². The Kier molecular flexibility index (Phi) is 6.03. The third-order valence-corrected chi connectivity index (χ3v) is 4.74. The van der Waals surface area contributed by atoms with Crippen molar-refractivity contribution >= 4 is 35.1 Å². The summed E-state index contributed by atoms with van der Waals surface area (Å²) in [4.78, 5) is 10.2. The van der Waals surface area contributed by atoms with E-state index < -0.39 is 0 Å². The first-order valence-corrected chi connectivity index (χ1v) is 9.60. The Morgan fingerprint density at radius 2 is 2.21 bits per heavy atom. The molecule has 1 unspecified atom stereocenters. The highest BCUT2D eigenvalue weighted by Crippen LogP contribution is 2.26. The number of anilines is 3. The highest BCUT2D eigenvalue weighted by Gasteiger charge is 2.16. The van der Waals surface area contributed by atoms with Crippen molar-refractivity contribution in [1.29, 1.82) is 5.41 Å². The van der Waals surface area contributed by atoms with Crippen LogP contribution in [0.4, 0.5) is 17.2 Å². The maximum Gasteiger partial charge on any atom is 0.117 e. The van der Waals surface area contributed by atoms with Gasteiger partial charge in [0.1, 0.15) is 12.0 Å². The minimum absolute atomic E-state index is 0.0538. The second-order valence-electron chi connectivity index (χ2n) is 6.97. The number of allylic oxidation sites excluding steroid dienone is 1. The molecule has 3 rings (SSSR count). The number of hydrogen-bond donors (Lipinski definition) is 5. The third kappa shape index (κ3) is 4.19. The largest absolute Gasteiger partial charge is 0.393 e. The van der Waals surface area contributed by atoms with Crippen LogP contribution in [-0.4, -0.2) is 42.0 Å². The molecule has 0 radical (unpaired) electrons. The minimum Gasteiger partial charge on any atom is -0.393 e. The Balaban J connectivity index is 1.74. The Hall–Kier alpha value is -3.22. The molecular weight excluding hydrogens is 350 g/mol. The van der Waals surface area contributed by atoms with Crippen LogP contribution < -0.4 is 20.9 Å². The van der Waals surface area contributed by atoms with Crippen molar-refractivity contribution in [3.05, 3.63) is 48.1 Å². The van der Waals surface area contributed by atoms with Crippen LogP contribution in [0.2, 0.25) is 0 Å². The van der Waals surface area contributed by atoms with Gasteiger partial charge in [-0.15, -0.1) is 0 Å². The van der Waals surface area contributed by atoms with Crippen molar-refractivity contribution in [1.82, 2.24) is 15.3 Å². The molecular formula is C21H29N7. The van der Waals surface area contributed by atoms with Gasteiger partial charge in [-0.25, -0.2) is 0 Å². The number of aromatic nitrogens is 2.